The Hall–Kier alpha value is -2.13. The molecule has 0 aromatic heterocycles. The fourth-order valence-electron chi connectivity index (χ4n) is 2.53. The molecule has 2 rings (SSSR count). The highest BCUT2D eigenvalue weighted by atomic mass is 35.5. The number of benzene rings is 2. The van der Waals surface area contributed by atoms with Crippen LogP contribution in [0.25, 0.3) is 0 Å². The van der Waals surface area contributed by atoms with E-state index in [-0.39, 0.29) is 11.4 Å². The number of ether oxygens (including phenoxy) is 1. The summed E-state index contributed by atoms with van der Waals surface area (Å²) in [4.78, 5) is 4.43. The summed E-state index contributed by atoms with van der Waals surface area (Å²) in [6.45, 7) is 1.81. The first-order chi connectivity index (χ1) is 13.9. The number of methoxy groups -OCH3 is 1. The molecule has 0 saturated carbocycles. The summed E-state index contributed by atoms with van der Waals surface area (Å²) in [5.41, 5.74) is 2.13. The zero-order valence-corrected chi connectivity index (χ0v) is 18.2. The van der Waals surface area contributed by atoms with Gasteiger partial charge in [-0.15, -0.1) is 0 Å². The number of nitrogens with one attached hydrogen (secondary N) is 3. The van der Waals surface area contributed by atoms with Gasteiger partial charge in [0.1, 0.15) is 0 Å². The third-order valence-electron chi connectivity index (χ3n) is 4.13. The summed E-state index contributed by atoms with van der Waals surface area (Å²) < 4.78 is 31.7. The monoisotopic (exact) mass is 438 g/mol. The molecule has 0 saturated heterocycles. The standard InChI is InChI=1S/C20H27ClN4O3S/c1-22-20(23-12-11-16-3-7-18(21)8-4-16)24-15-17-5-9-19(10-6-17)29(26,27)25-13-14-28-2/h3-10,25H,11-15H2,1-2H3,(H2,22,23,24). The van der Waals surface area contributed by atoms with E-state index in [0.717, 1.165) is 23.6 Å². The fraction of sp³-hybridized carbons (Fsp3) is 0.350. The molecule has 0 spiro atoms. The van der Waals surface area contributed by atoms with Crippen molar-refractivity contribution in [2.45, 2.75) is 17.9 Å². The number of halogens is 1. The molecule has 158 valence electrons. The average molecular weight is 439 g/mol. The van der Waals surface area contributed by atoms with E-state index in [0.29, 0.717) is 19.1 Å². The van der Waals surface area contributed by atoms with Gasteiger partial charge in [-0.3, -0.25) is 4.99 Å². The van der Waals surface area contributed by atoms with Gasteiger partial charge in [0.25, 0.3) is 0 Å². The first-order valence-corrected chi connectivity index (χ1v) is 11.1. The van der Waals surface area contributed by atoms with Gasteiger partial charge in [0, 0.05) is 38.8 Å². The molecule has 0 atom stereocenters. The smallest absolute Gasteiger partial charge is 0.240 e. The Morgan fingerprint density at radius 2 is 1.66 bits per heavy atom. The molecule has 3 N–H and O–H groups in total. The molecule has 29 heavy (non-hydrogen) atoms. The van der Waals surface area contributed by atoms with Crippen LogP contribution in [0.4, 0.5) is 0 Å². The summed E-state index contributed by atoms with van der Waals surface area (Å²) in [6, 6.07) is 14.5. The topological polar surface area (TPSA) is 91.8 Å². The Morgan fingerprint density at radius 3 is 2.28 bits per heavy atom. The predicted octanol–water partition coefficient (Wildman–Crippen LogP) is 2.17. The van der Waals surface area contributed by atoms with Crippen LogP contribution in [0.1, 0.15) is 11.1 Å². The van der Waals surface area contributed by atoms with Crippen LogP contribution in [0.15, 0.2) is 58.4 Å². The highest BCUT2D eigenvalue weighted by Gasteiger charge is 2.12. The van der Waals surface area contributed by atoms with E-state index < -0.39 is 10.0 Å². The van der Waals surface area contributed by atoms with Gasteiger partial charge >= 0.3 is 0 Å². The van der Waals surface area contributed by atoms with E-state index in [9.17, 15) is 8.42 Å². The average Bonchev–Trinajstić information content (AvgIpc) is 2.72. The van der Waals surface area contributed by atoms with Crippen LogP contribution in [0.2, 0.25) is 5.02 Å². The normalized spacial score (nSPS) is 12.0. The highest BCUT2D eigenvalue weighted by molar-refractivity contribution is 7.89. The largest absolute Gasteiger partial charge is 0.383 e. The number of aliphatic imine (C=N–C) groups is 1. The van der Waals surface area contributed by atoms with Crippen molar-refractivity contribution in [2.75, 3.05) is 33.9 Å². The minimum atomic E-state index is -3.52. The molecule has 7 nitrogen and oxygen atoms in total. The molecule has 2 aromatic carbocycles. The van der Waals surface area contributed by atoms with E-state index in [1.54, 1.807) is 31.3 Å². The Labute approximate surface area is 177 Å². The van der Waals surface area contributed by atoms with E-state index in [1.807, 2.05) is 24.3 Å². The molecule has 0 aliphatic carbocycles. The van der Waals surface area contributed by atoms with Gasteiger partial charge in [0.05, 0.1) is 11.5 Å². The minimum Gasteiger partial charge on any atom is -0.383 e. The van der Waals surface area contributed by atoms with Crippen LogP contribution in [-0.4, -0.2) is 48.2 Å². The summed E-state index contributed by atoms with van der Waals surface area (Å²) in [6.07, 6.45) is 0.848. The molecule has 9 heteroatoms. The number of rotatable bonds is 10. The van der Waals surface area contributed by atoms with Crippen molar-refractivity contribution in [3.63, 3.8) is 0 Å². The first kappa shape index (κ1) is 23.2. The second-order valence-electron chi connectivity index (χ2n) is 6.26. The van der Waals surface area contributed by atoms with Gasteiger partial charge in [0.15, 0.2) is 5.96 Å². The molecule has 0 radical (unpaired) electrons. The van der Waals surface area contributed by atoms with Crippen molar-refractivity contribution in [2.24, 2.45) is 4.99 Å². The maximum Gasteiger partial charge on any atom is 0.240 e. The lowest BCUT2D eigenvalue weighted by Crippen LogP contribution is -2.37. The quantitative estimate of drug-likeness (QED) is 0.300. The Balaban J connectivity index is 1.80. The number of guanidine groups is 1. The number of nitrogens with zero attached hydrogens (tertiary/aromatic N) is 1. The van der Waals surface area contributed by atoms with Gasteiger partial charge in [-0.25, -0.2) is 13.1 Å². The van der Waals surface area contributed by atoms with Crippen molar-refractivity contribution in [3.8, 4) is 0 Å². The van der Waals surface area contributed by atoms with E-state index in [4.69, 9.17) is 16.3 Å². The molecule has 0 bridgehead atoms. The van der Waals surface area contributed by atoms with Crippen LogP contribution < -0.4 is 15.4 Å². The third kappa shape index (κ3) is 8.02. The lowest BCUT2D eigenvalue weighted by atomic mass is 10.1. The first-order valence-electron chi connectivity index (χ1n) is 9.21. The summed E-state index contributed by atoms with van der Waals surface area (Å²) in [7, 11) is -0.289. The highest BCUT2D eigenvalue weighted by Crippen LogP contribution is 2.11. The molecule has 0 aliphatic heterocycles. The number of hydrogen-bond acceptors (Lipinski definition) is 4. The van der Waals surface area contributed by atoms with Crippen LogP contribution in [0.5, 0.6) is 0 Å². The lowest BCUT2D eigenvalue weighted by Gasteiger charge is -2.12. The fourth-order valence-corrected chi connectivity index (χ4v) is 3.67. The number of sulfonamides is 1. The zero-order chi connectivity index (χ0) is 21.1. The molecule has 0 unspecified atom stereocenters. The van der Waals surface area contributed by atoms with Crippen LogP contribution in [-0.2, 0) is 27.7 Å². The SMILES string of the molecule is CN=C(NCCc1ccc(Cl)cc1)NCc1ccc(S(=O)(=O)NCCOC)cc1. The molecular weight excluding hydrogens is 412 g/mol. The minimum absolute atomic E-state index is 0.225. The van der Waals surface area contributed by atoms with Crippen molar-refractivity contribution in [1.82, 2.24) is 15.4 Å². The van der Waals surface area contributed by atoms with Gasteiger partial charge in [0.2, 0.25) is 10.0 Å². The second kappa shape index (κ2) is 11.8. The Morgan fingerprint density at radius 1 is 1.00 bits per heavy atom. The number of hydrogen-bond donors (Lipinski definition) is 3. The molecule has 0 amide bonds. The van der Waals surface area contributed by atoms with Crippen molar-refractivity contribution >= 4 is 27.6 Å². The third-order valence-corrected chi connectivity index (χ3v) is 5.86. The van der Waals surface area contributed by atoms with Gasteiger partial charge < -0.3 is 15.4 Å². The van der Waals surface area contributed by atoms with Gasteiger partial charge in [-0.2, -0.15) is 0 Å². The van der Waals surface area contributed by atoms with Crippen LogP contribution in [0.3, 0.4) is 0 Å². The van der Waals surface area contributed by atoms with E-state index >= 15 is 0 Å². The van der Waals surface area contributed by atoms with Crippen LogP contribution >= 0.6 is 11.6 Å². The van der Waals surface area contributed by atoms with Gasteiger partial charge in [-0.1, -0.05) is 35.9 Å². The molecule has 2 aromatic rings. The molecule has 0 aliphatic rings. The predicted molar refractivity (Wildman–Crippen MR) is 117 cm³/mol. The second-order valence-corrected chi connectivity index (χ2v) is 8.47. The molecular formula is C20H27ClN4O3S. The van der Waals surface area contributed by atoms with Crippen molar-refractivity contribution in [3.05, 3.63) is 64.7 Å². The summed E-state index contributed by atoms with van der Waals surface area (Å²) in [5.74, 6) is 0.678. The van der Waals surface area contributed by atoms with E-state index in [2.05, 4.69) is 20.3 Å². The molecule has 0 fully saturated rings. The summed E-state index contributed by atoms with van der Waals surface area (Å²) in [5, 5.41) is 7.20. The summed E-state index contributed by atoms with van der Waals surface area (Å²) >= 11 is 5.89. The molecule has 0 heterocycles. The van der Waals surface area contributed by atoms with E-state index in [1.165, 1.54) is 12.7 Å². The van der Waals surface area contributed by atoms with Crippen LogP contribution in [0, 0.1) is 0 Å². The van der Waals surface area contributed by atoms with Gasteiger partial charge in [-0.05, 0) is 41.8 Å². The Kier molecular flexibility index (Phi) is 9.40. The maximum absolute atomic E-state index is 12.2. The Bertz CT molecular complexity index is 885. The van der Waals surface area contributed by atoms with Crippen molar-refractivity contribution in [1.29, 1.82) is 0 Å². The maximum atomic E-state index is 12.2. The lowest BCUT2D eigenvalue weighted by molar-refractivity contribution is 0.204. The van der Waals surface area contributed by atoms with Crippen molar-refractivity contribution < 1.29 is 13.2 Å². The zero-order valence-electron chi connectivity index (χ0n) is 16.6.